The van der Waals surface area contributed by atoms with Crippen molar-refractivity contribution in [2.24, 2.45) is 5.73 Å². The smallest absolute Gasteiger partial charge is 0.423 e. The first-order chi connectivity index (χ1) is 7.25. The zero-order valence-corrected chi connectivity index (χ0v) is 8.91. The summed E-state index contributed by atoms with van der Waals surface area (Å²) in [6.07, 6.45) is 0.292. The second-order valence-electron chi connectivity index (χ2n) is 3.47. The van der Waals surface area contributed by atoms with Crippen LogP contribution in [0.1, 0.15) is 13.9 Å². The van der Waals surface area contributed by atoms with Gasteiger partial charge in [0.25, 0.3) is 0 Å². The molecule has 0 amide bonds. The van der Waals surface area contributed by atoms with Gasteiger partial charge in [0.2, 0.25) is 0 Å². The van der Waals surface area contributed by atoms with Gasteiger partial charge in [0.05, 0.1) is 4.90 Å². The summed E-state index contributed by atoms with van der Waals surface area (Å²) in [5, 5.41) is 0. The number of thioether (sulfide) groups is 1. The largest absolute Gasteiger partial charge is 0.457 e. The fourth-order valence-corrected chi connectivity index (χ4v) is 2.15. The molecule has 82 valence electrons. The fourth-order valence-electron chi connectivity index (χ4n) is 1.43. The molecule has 1 heterocycles. The van der Waals surface area contributed by atoms with Crippen molar-refractivity contribution in [3.8, 4) is 5.75 Å². The van der Waals surface area contributed by atoms with E-state index in [2.05, 4.69) is 4.74 Å². The zero-order valence-electron chi connectivity index (χ0n) is 9.09. The number of alkyl halides is 2. The van der Waals surface area contributed by atoms with Crippen LogP contribution in [0.3, 0.4) is 0 Å². The number of benzene rings is 1. The Morgan fingerprint density at radius 3 is 3.07 bits per heavy atom. The van der Waals surface area contributed by atoms with E-state index in [0.29, 0.717) is 23.1 Å². The molecule has 0 bridgehead atoms. The predicted molar refractivity (Wildman–Crippen MR) is 55.2 cm³/mol. The molecular weight excluding hydrogens is 220 g/mol. The summed E-state index contributed by atoms with van der Waals surface area (Å²) in [6, 6.07) is 3.67. The number of nitrogens with two attached hydrogens (primary N) is 1. The highest BCUT2D eigenvalue weighted by Crippen LogP contribution is 2.49. The molecule has 0 fully saturated rings. The molecule has 1 aromatic rings. The van der Waals surface area contributed by atoms with Crippen molar-refractivity contribution >= 4 is 11.8 Å². The summed E-state index contributed by atoms with van der Waals surface area (Å²) in [5.74, 6) is 0.164. The quantitative estimate of drug-likeness (QED) is 0.851. The SMILES string of the molecule is [2H]C(C)(N)Cc1ccc2c(c1)OC(F)(F)S2. The molecule has 0 aliphatic carbocycles. The molecule has 2 rings (SSSR count). The van der Waals surface area contributed by atoms with Crippen LogP contribution in [-0.4, -0.2) is 11.5 Å². The monoisotopic (exact) mass is 232 g/mol. The van der Waals surface area contributed by atoms with Gasteiger partial charge in [-0.05, 0) is 42.8 Å². The Hall–Kier alpha value is -0.810. The van der Waals surface area contributed by atoms with Gasteiger partial charge in [-0.1, -0.05) is 6.07 Å². The first-order valence-corrected chi connectivity index (χ1v) is 5.24. The highest BCUT2D eigenvalue weighted by molar-refractivity contribution is 8.00. The highest BCUT2D eigenvalue weighted by Gasteiger charge is 2.41. The minimum absolute atomic E-state index is 0.164. The molecule has 2 N–H and O–H groups in total. The van der Waals surface area contributed by atoms with E-state index in [1.165, 1.54) is 6.07 Å². The Bertz CT molecular complexity index is 420. The van der Waals surface area contributed by atoms with Gasteiger partial charge >= 0.3 is 5.44 Å². The van der Waals surface area contributed by atoms with E-state index in [0.717, 1.165) is 5.56 Å². The molecule has 0 aromatic heterocycles. The minimum Gasteiger partial charge on any atom is -0.423 e. The lowest BCUT2D eigenvalue weighted by Gasteiger charge is -2.07. The van der Waals surface area contributed by atoms with Crippen LogP contribution in [0.4, 0.5) is 8.78 Å². The van der Waals surface area contributed by atoms with Crippen molar-refractivity contribution in [2.45, 2.75) is 29.7 Å². The van der Waals surface area contributed by atoms with Crippen molar-refractivity contribution in [3.05, 3.63) is 23.8 Å². The number of ether oxygens (including phenoxy) is 1. The number of hydrogen-bond donors (Lipinski definition) is 1. The van der Waals surface area contributed by atoms with E-state index in [1.54, 1.807) is 19.1 Å². The molecule has 5 heteroatoms. The second kappa shape index (κ2) is 3.64. The molecule has 1 atom stereocenters. The van der Waals surface area contributed by atoms with E-state index in [4.69, 9.17) is 7.10 Å². The standard InChI is InChI=1S/C10H11F2NOS/c1-6(13)4-7-2-3-9-8(5-7)14-10(11,12)15-9/h2-3,5-6H,4,13H2,1H3/i6D. The maximum atomic E-state index is 12.9. The Morgan fingerprint density at radius 1 is 1.67 bits per heavy atom. The van der Waals surface area contributed by atoms with Crippen LogP contribution in [0.25, 0.3) is 0 Å². The number of hydrogen-bond acceptors (Lipinski definition) is 3. The Morgan fingerprint density at radius 2 is 2.40 bits per heavy atom. The Labute approximate surface area is 92.2 Å². The lowest BCUT2D eigenvalue weighted by Crippen LogP contribution is -2.17. The maximum Gasteiger partial charge on any atom is 0.457 e. The van der Waals surface area contributed by atoms with Crippen LogP contribution in [0.2, 0.25) is 0 Å². The molecular formula is C10H11F2NOS. The third-order valence-electron chi connectivity index (χ3n) is 1.95. The number of rotatable bonds is 2. The Balaban J connectivity index is 2.23. The van der Waals surface area contributed by atoms with Crippen molar-refractivity contribution in [3.63, 3.8) is 0 Å². The van der Waals surface area contributed by atoms with Gasteiger partial charge in [-0.25, -0.2) is 0 Å². The molecule has 0 radical (unpaired) electrons. The molecule has 0 saturated heterocycles. The van der Waals surface area contributed by atoms with Gasteiger partial charge in [0.15, 0.2) is 0 Å². The Kier molecular flexibility index (Phi) is 2.29. The van der Waals surface area contributed by atoms with Crippen LogP contribution in [0, 0.1) is 0 Å². The predicted octanol–water partition coefficient (Wildman–Crippen LogP) is 2.61. The molecule has 0 spiro atoms. The maximum absolute atomic E-state index is 12.9. The van der Waals surface area contributed by atoms with Crippen LogP contribution in [-0.2, 0) is 6.42 Å². The lowest BCUT2D eigenvalue weighted by atomic mass is 10.1. The van der Waals surface area contributed by atoms with Crippen LogP contribution in [0.5, 0.6) is 5.75 Å². The fraction of sp³-hybridized carbons (Fsp3) is 0.400. The summed E-state index contributed by atoms with van der Waals surface area (Å²) in [5.41, 5.74) is 3.07. The molecule has 0 saturated carbocycles. The number of fused-ring (bicyclic) bond motifs is 1. The van der Waals surface area contributed by atoms with Gasteiger partial charge in [-0.15, -0.1) is 0 Å². The summed E-state index contributed by atoms with van der Waals surface area (Å²) in [7, 11) is 0. The summed E-state index contributed by atoms with van der Waals surface area (Å²) < 4.78 is 37.8. The normalized spacial score (nSPS) is 22.5. The minimum atomic E-state index is -3.19. The van der Waals surface area contributed by atoms with Crippen molar-refractivity contribution in [1.29, 1.82) is 0 Å². The third-order valence-corrected chi connectivity index (χ3v) is 2.83. The first kappa shape index (κ1) is 9.42. The van der Waals surface area contributed by atoms with Gasteiger partial charge in [-0.2, -0.15) is 8.78 Å². The molecule has 1 aliphatic heterocycles. The van der Waals surface area contributed by atoms with Gasteiger partial charge in [-0.3, -0.25) is 0 Å². The van der Waals surface area contributed by atoms with Gasteiger partial charge in [0.1, 0.15) is 5.75 Å². The third kappa shape index (κ3) is 2.41. The van der Waals surface area contributed by atoms with E-state index in [9.17, 15) is 8.78 Å². The first-order valence-electron chi connectivity index (χ1n) is 4.93. The summed E-state index contributed by atoms with van der Waals surface area (Å²) in [4.78, 5) is 0.414. The van der Waals surface area contributed by atoms with E-state index in [-0.39, 0.29) is 5.75 Å². The van der Waals surface area contributed by atoms with Gasteiger partial charge < -0.3 is 10.5 Å². The molecule has 1 aliphatic rings. The topological polar surface area (TPSA) is 35.2 Å². The molecule has 15 heavy (non-hydrogen) atoms. The van der Waals surface area contributed by atoms with E-state index in [1.807, 2.05) is 0 Å². The van der Waals surface area contributed by atoms with Crippen LogP contribution >= 0.6 is 11.8 Å². The van der Waals surface area contributed by atoms with E-state index < -0.39 is 11.5 Å². The van der Waals surface area contributed by atoms with Crippen molar-refractivity contribution < 1.29 is 14.9 Å². The van der Waals surface area contributed by atoms with Crippen LogP contribution < -0.4 is 10.5 Å². The zero-order chi connectivity index (χ0) is 12.0. The summed E-state index contributed by atoms with van der Waals surface area (Å²) in [6.45, 7) is 1.56. The highest BCUT2D eigenvalue weighted by atomic mass is 32.2. The van der Waals surface area contributed by atoms with Crippen molar-refractivity contribution in [2.75, 3.05) is 0 Å². The molecule has 2 nitrogen and oxygen atoms in total. The number of halogens is 2. The van der Waals surface area contributed by atoms with Crippen LogP contribution in [0.15, 0.2) is 23.1 Å². The van der Waals surface area contributed by atoms with Gasteiger partial charge in [0, 0.05) is 7.39 Å². The average molecular weight is 232 g/mol. The molecule has 1 aromatic carbocycles. The second-order valence-corrected chi connectivity index (χ2v) is 4.59. The molecule has 1 unspecified atom stereocenters. The lowest BCUT2D eigenvalue weighted by molar-refractivity contribution is -0.0822. The average Bonchev–Trinajstić information content (AvgIpc) is 2.34. The van der Waals surface area contributed by atoms with Crippen molar-refractivity contribution in [1.82, 2.24) is 0 Å². The van der Waals surface area contributed by atoms with E-state index >= 15 is 0 Å². The summed E-state index contributed by atoms with van der Waals surface area (Å²) >= 11 is 0.386.